The van der Waals surface area contributed by atoms with Crippen LogP contribution in [0.15, 0.2) is 47.4 Å². The molecule has 0 aliphatic carbocycles. The number of aryl methyl sites for hydroxylation is 1. The van der Waals surface area contributed by atoms with Gasteiger partial charge in [0.1, 0.15) is 0 Å². The monoisotopic (exact) mass is 277 g/mol. The van der Waals surface area contributed by atoms with Crippen molar-refractivity contribution < 1.29 is 0 Å². The molecule has 2 N–H and O–H groups in total. The summed E-state index contributed by atoms with van der Waals surface area (Å²) in [7, 11) is 0. The lowest BCUT2D eigenvalue weighted by atomic mass is 10.1. The number of rotatable bonds is 4. The molecule has 0 saturated heterocycles. The topological polar surface area (TPSA) is 26.0 Å². The van der Waals surface area contributed by atoms with Gasteiger partial charge in [0.05, 0.1) is 0 Å². The van der Waals surface area contributed by atoms with Gasteiger partial charge in [-0.3, -0.25) is 0 Å². The Bertz CT molecular complexity index is 540. The van der Waals surface area contributed by atoms with Crippen LogP contribution in [0.25, 0.3) is 0 Å². The molecule has 18 heavy (non-hydrogen) atoms. The summed E-state index contributed by atoms with van der Waals surface area (Å²) in [4.78, 5) is 1.17. The van der Waals surface area contributed by atoms with Crippen molar-refractivity contribution in [1.29, 1.82) is 0 Å². The van der Waals surface area contributed by atoms with Gasteiger partial charge in [0, 0.05) is 22.2 Å². The number of halogens is 1. The molecule has 0 aromatic heterocycles. The van der Waals surface area contributed by atoms with Gasteiger partial charge in [-0.1, -0.05) is 41.9 Å². The van der Waals surface area contributed by atoms with E-state index in [0.717, 1.165) is 16.3 Å². The summed E-state index contributed by atoms with van der Waals surface area (Å²) in [6, 6.07) is 14.4. The van der Waals surface area contributed by atoms with E-state index in [9.17, 15) is 0 Å². The van der Waals surface area contributed by atoms with Gasteiger partial charge in [0.15, 0.2) is 0 Å². The molecular formula is C15H16ClNS. The Morgan fingerprint density at radius 3 is 2.61 bits per heavy atom. The van der Waals surface area contributed by atoms with E-state index in [1.54, 1.807) is 11.8 Å². The van der Waals surface area contributed by atoms with Crippen molar-refractivity contribution in [2.24, 2.45) is 5.73 Å². The van der Waals surface area contributed by atoms with E-state index in [0.29, 0.717) is 6.54 Å². The van der Waals surface area contributed by atoms with Crippen molar-refractivity contribution >= 4 is 23.4 Å². The predicted molar refractivity (Wildman–Crippen MR) is 80.1 cm³/mol. The van der Waals surface area contributed by atoms with Crippen molar-refractivity contribution in [3.8, 4) is 0 Å². The lowest BCUT2D eigenvalue weighted by molar-refractivity contribution is 1.03. The fourth-order valence-electron chi connectivity index (χ4n) is 1.80. The fourth-order valence-corrected chi connectivity index (χ4v) is 3.28. The van der Waals surface area contributed by atoms with Gasteiger partial charge in [-0.05, 0) is 35.7 Å². The SMILES string of the molecule is Cc1ccccc1CSc1cccc(Cl)c1CN. The smallest absolute Gasteiger partial charge is 0.0462 e. The highest BCUT2D eigenvalue weighted by atomic mass is 35.5. The van der Waals surface area contributed by atoms with Crippen molar-refractivity contribution in [3.05, 3.63) is 64.2 Å². The molecule has 1 nitrogen and oxygen atoms in total. The second kappa shape index (κ2) is 6.28. The van der Waals surface area contributed by atoms with Crippen molar-refractivity contribution in [2.45, 2.75) is 24.1 Å². The number of hydrogen-bond acceptors (Lipinski definition) is 2. The predicted octanol–water partition coefficient (Wildman–Crippen LogP) is 4.40. The molecule has 0 aliphatic rings. The quantitative estimate of drug-likeness (QED) is 0.839. The van der Waals surface area contributed by atoms with Crippen LogP contribution in [0.5, 0.6) is 0 Å². The molecule has 3 heteroatoms. The average molecular weight is 278 g/mol. The molecule has 0 radical (unpaired) electrons. The highest BCUT2D eigenvalue weighted by Crippen LogP contribution is 2.31. The van der Waals surface area contributed by atoms with Crippen molar-refractivity contribution in [1.82, 2.24) is 0 Å². The number of benzene rings is 2. The Balaban J connectivity index is 2.16. The van der Waals surface area contributed by atoms with Gasteiger partial charge in [0.2, 0.25) is 0 Å². The van der Waals surface area contributed by atoms with E-state index in [-0.39, 0.29) is 0 Å². The van der Waals surface area contributed by atoms with Crippen LogP contribution >= 0.6 is 23.4 Å². The third kappa shape index (κ3) is 3.08. The molecule has 0 saturated carbocycles. The van der Waals surface area contributed by atoms with Gasteiger partial charge >= 0.3 is 0 Å². The third-order valence-corrected chi connectivity index (χ3v) is 4.43. The van der Waals surface area contributed by atoms with Crippen LogP contribution in [-0.4, -0.2) is 0 Å². The minimum Gasteiger partial charge on any atom is -0.326 e. The van der Waals surface area contributed by atoms with Crippen LogP contribution in [0.3, 0.4) is 0 Å². The van der Waals surface area contributed by atoms with Crippen molar-refractivity contribution in [3.63, 3.8) is 0 Å². The molecule has 0 bridgehead atoms. The molecule has 0 atom stereocenters. The Morgan fingerprint density at radius 1 is 1.11 bits per heavy atom. The second-order valence-corrected chi connectivity index (χ2v) is 5.56. The van der Waals surface area contributed by atoms with Crippen LogP contribution in [0.1, 0.15) is 16.7 Å². The second-order valence-electron chi connectivity index (χ2n) is 4.14. The number of hydrogen-bond donors (Lipinski definition) is 1. The minimum atomic E-state index is 0.482. The lowest BCUT2D eigenvalue weighted by Crippen LogP contribution is -1.99. The van der Waals surface area contributed by atoms with Gasteiger partial charge in [0.25, 0.3) is 0 Å². The fraction of sp³-hybridized carbons (Fsp3) is 0.200. The largest absolute Gasteiger partial charge is 0.326 e. The number of nitrogens with two attached hydrogens (primary N) is 1. The third-order valence-electron chi connectivity index (χ3n) is 2.92. The molecule has 0 unspecified atom stereocenters. The van der Waals surface area contributed by atoms with Crippen molar-refractivity contribution in [2.75, 3.05) is 0 Å². The molecule has 2 aromatic rings. The Morgan fingerprint density at radius 2 is 1.89 bits per heavy atom. The minimum absolute atomic E-state index is 0.482. The molecule has 0 spiro atoms. The molecular weight excluding hydrogens is 262 g/mol. The summed E-state index contributed by atoms with van der Waals surface area (Å²) < 4.78 is 0. The summed E-state index contributed by atoms with van der Waals surface area (Å²) >= 11 is 7.94. The van der Waals surface area contributed by atoms with Crippen LogP contribution in [0.2, 0.25) is 5.02 Å². The highest BCUT2D eigenvalue weighted by molar-refractivity contribution is 7.98. The van der Waals surface area contributed by atoms with Crippen LogP contribution in [0.4, 0.5) is 0 Å². The lowest BCUT2D eigenvalue weighted by Gasteiger charge is -2.10. The first-order valence-corrected chi connectivity index (χ1v) is 7.23. The first-order chi connectivity index (χ1) is 8.72. The molecule has 2 rings (SSSR count). The molecule has 2 aromatic carbocycles. The van der Waals surface area contributed by atoms with E-state index in [1.807, 2.05) is 12.1 Å². The van der Waals surface area contributed by atoms with E-state index in [4.69, 9.17) is 17.3 Å². The number of thioether (sulfide) groups is 1. The molecule has 0 amide bonds. The normalized spacial score (nSPS) is 10.6. The molecule has 0 heterocycles. The summed E-state index contributed by atoms with van der Waals surface area (Å²) in [5.41, 5.74) is 9.47. The maximum absolute atomic E-state index is 6.15. The van der Waals surface area contributed by atoms with Crippen LogP contribution < -0.4 is 5.73 Å². The molecule has 94 valence electrons. The van der Waals surface area contributed by atoms with Crippen LogP contribution in [0, 0.1) is 6.92 Å². The Hall–Kier alpha value is -0.960. The summed E-state index contributed by atoms with van der Waals surface area (Å²) in [6.07, 6.45) is 0. The standard InChI is InChI=1S/C15H16ClNS/c1-11-5-2-3-6-12(11)10-18-15-8-4-7-14(16)13(15)9-17/h2-8H,9-10,17H2,1H3. The Labute approximate surface area is 117 Å². The van der Waals surface area contributed by atoms with E-state index in [2.05, 4.69) is 37.3 Å². The average Bonchev–Trinajstić information content (AvgIpc) is 2.38. The first kappa shape index (κ1) is 13.5. The van der Waals surface area contributed by atoms with Gasteiger partial charge in [-0.15, -0.1) is 11.8 Å². The van der Waals surface area contributed by atoms with E-state index < -0.39 is 0 Å². The Kier molecular flexibility index (Phi) is 4.70. The maximum atomic E-state index is 6.15. The van der Waals surface area contributed by atoms with Gasteiger partial charge in [-0.2, -0.15) is 0 Å². The summed E-state index contributed by atoms with van der Waals surface area (Å²) in [5, 5.41) is 0.757. The zero-order valence-electron chi connectivity index (χ0n) is 10.3. The zero-order chi connectivity index (χ0) is 13.0. The maximum Gasteiger partial charge on any atom is 0.0462 e. The summed E-state index contributed by atoms with van der Waals surface area (Å²) in [5.74, 6) is 0.944. The first-order valence-electron chi connectivity index (χ1n) is 5.87. The summed E-state index contributed by atoms with van der Waals surface area (Å²) in [6.45, 7) is 2.62. The highest BCUT2D eigenvalue weighted by Gasteiger charge is 2.06. The van der Waals surface area contributed by atoms with E-state index in [1.165, 1.54) is 16.0 Å². The zero-order valence-corrected chi connectivity index (χ0v) is 11.9. The van der Waals surface area contributed by atoms with E-state index >= 15 is 0 Å². The van der Waals surface area contributed by atoms with Gasteiger partial charge in [-0.25, -0.2) is 0 Å². The molecule has 0 fully saturated rings. The van der Waals surface area contributed by atoms with Crippen LogP contribution in [-0.2, 0) is 12.3 Å². The van der Waals surface area contributed by atoms with Gasteiger partial charge < -0.3 is 5.73 Å². The molecule has 0 aliphatic heterocycles.